The molecule has 0 aromatic heterocycles. The molecule has 2 saturated carbocycles. The summed E-state index contributed by atoms with van der Waals surface area (Å²) in [5, 5.41) is 0. The minimum absolute atomic E-state index is 0.0595. The van der Waals surface area contributed by atoms with Crippen LogP contribution in [0.3, 0.4) is 0 Å². The molecule has 0 saturated heterocycles. The van der Waals surface area contributed by atoms with Gasteiger partial charge in [0.2, 0.25) is 0 Å². The Labute approximate surface area is 195 Å². The van der Waals surface area contributed by atoms with E-state index in [2.05, 4.69) is 27.7 Å². The molecular weight excluding hydrogens is 400 g/mol. The Morgan fingerprint density at radius 3 is 2.53 bits per heavy atom. The van der Waals surface area contributed by atoms with Gasteiger partial charge in [0.05, 0.1) is 0 Å². The molecule has 0 heterocycles. The SMILES string of the molecule is CCCCOCCCC1=CC(=O)CCC1(C)C1CCC2(C)C(OC(=O)CC)CCC2C1C. The molecule has 0 N–H and O–H groups in total. The van der Waals surface area contributed by atoms with Crippen molar-refractivity contribution < 1.29 is 19.1 Å². The van der Waals surface area contributed by atoms with E-state index < -0.39 is 0 Å². The second-order valence-corrected chi connectivity index (χ2v) is 11.1. The Hall–Kier alpha value is -1.16. The predicted octanol–water partition coefficient (Wildman–Crippen LogP) is 6.66. The van der Waals surface area contributed by atoms with Crippen molar-refractivity contribution in [1.82, 2.24) is 0 Å². The molecule has 0 aromatic rings. The Balaban J connectivity index is 1.70. The molecule has 0 bridgehead atoms. The average molecular weight is 447 g/mol. The maximum atomic E-state index is 12.4. The molecule has 0 aromatic carbocycles. The monoisotopic (exact) mass is 446 g/mol. The van der Waals surface area contributed by atoms with Crippen molar-refractivity contribution in [1.29, 1.82) is 0 Å². The van der Waals surface area contributed by atoms with Crippen molar-refractivity contribution in [3.8, 4) is 0 Å². The number of fused-ring (bicyclic) bond motifs is 1. The van der Waals surface area contributed by atoms with Crippen molar-refractivity contribution in [3.63, 3.8) is 0 Å². The van der Waals surface area contributed by atoms with E-state index in [4.69, 9.17) is 9.47 Å². The number of rotatable bonds is 10. The second kappa shape index (κ2) is 10.8. The van der Waals surface area contributed by atoms with Crippen LogP contribution < -0.4 is 0 Å². The topological polar surface area (TPSA) is 52.6 Å². The standard InChI is InChI=1S/C28H46O4/c1-6-8-17-31-18-9-10-21-19-22(29)13-15-27(21,4)24-14-16-28(5)23(20(24)3)11-12-25(28)32-26(30)7-2/h19-20,23-25H,6-18H2,1-5H3. The van der Waals surface area contributed by atoms with Crippen LogP contribution in [0.1, 0.15) is 105 Å². The fourth-order valence-electron chi connectivity index (χ4n) is 7.25. The third-order valence-electron chi connectivity index (χ3n) is 9.30. The molecule has 0 spiro atoms. The molecule has 182 valence electrons. The van der Waals surface area contributed by atoms with Gasteiger partial charge in [0.25, 0.3) is 0 Å². The van der Waals surface area contributed by atoms with E-state index in [1.165, 1.54) is 5.57 Å². The lowest BCUT2D eigenvalue weighted by Gasteiger charge is -2.54. The van der Waals surface area contributed by atoms with E-state index in [0.717, 1.165) is 71.0 Å². The molecular formula is C28H46O4. The van der Waals surface area contributed by atoms with Gasteiger partial charge in [-0.3, -0.25) is 9.59 Å². The lowest BCUT2D eigenvalue weighted by molar-refractivity contribution is -0.158. The van der Waals surface area contributed by atoms with Crippen LogP contribution in [-0.2, 0) is 19.1 Å². The van der Waals surface area contributed by atoms with Gasteiger partial charge in [-0.25, -0.2) is 0 Å². The van der Waals surface area contributed by atoms with E-state index in [0.29, 0.717) is 36.4 Å². The largest absolute Gasteiger partial charge is 0.462 e. The summed E-state index contributed by atoms with van der Waals surface area (Å²) < 4.78 is 11.7. The summed E-state index contributed by atoms with van der Waals surface area (Å²) in [7, 11) is 0. The van der Waals surface area contributed by atoms with Crippen molar-refractivity contribution in [2.75, 3.05) is 13.2 Å². The highest BCUT2D eigenvalue weighted by atomic mass is 16.5. The number of ether oxygens (including phenoxy) is 2. The summed E-state index contributed by atoms with van der Waals surface area (Å²) in [6, 6.07) is 0. The van der Waals surface area contributed by atoms with Gasteiger partial charge < -0.3 is 9.47 Å². The maximum Gasteiger partial charge on any atom is 0.305 e. The number of esters is 1. The Morgan fingerprint density at radius 1 is 1.06 bits per heavy atom. The van der Waals surface area contributed by atoms with Crippen LogP contribution in [0.4, 0.5) is 0 Å². The quantitative estimate of drug-likeness (QED) is 0.278. The minimum atomic E-state index is -0.0595. The summed E-state index contributed by atoms with van der Waals surface area (Å²) in [4.78, 5) is 24.4. The molecule has 3 aliphatic rings. The Bertz CT molecular complexity index is 698. The van der Waals surface area contributed by atoms with E-state index in [1.54, 1.807) is 0 Å². The molecule has 0 aliphatic heterocycles. The molecule has 4 heteroatoms. The number of ketones is 1. The molecule has 3 rings (SSSR count). The fraction of sp³-hybridized carbons (Fsp3) is 0.857. The number of hydrogen-bond acceptors (Lipinski definition) is 4. The lowest BCUT2D eigenvalue weighted by Crippen LogP contribution is -2.48. The highest BCUT2D eigenvalue weighted by Crippen LogP contribution is 2.62. The smallest absolute Gasteiger partial charge is 0.305 e. The van der Waals surface area contributed by atoms with E-state index in [9.17, 15) is 9.59 Å². The van der Waals surface area contributed by atoms with Gasteiger partial charge in [0.15, 0.2) is 5.78 Å². The highest BCUT2D eigenvalue weighted by molar-refractivity contribution is 5.91. The van der Waals surface area contributed by atoms with Crippen LogP contribution >= 0.6 is 0 Å². The molecule has 6 unspecified atom stereocenters. The number of unbranched alkanes of at least 4 members (excludes halogenated alkanes) is 1. The third-order valence-corrected chi connectivity index (χ3v) is 9.30. The second-order valence-electron chi connectivity index (χ2n) is 11.1. The normalized spacial score (nSPS) is 37.2. The number of allylic oxidation sites excluding steroid dienone is 2. The van der Waals surface area contributed by atoms with Gasteiger partial charge in [0, 0.05) is 31.5 Å². The first-order chi connectivity index (χ1) is 15.3. The summed E-state index contributed by atoms with van der Waals surface area (Å²) >= 11 is 0. The predicted molar refractivity (Wildman–Crippen MR) is 128 cm³/mol. The van der Waals surface area contributed by atoms with Gasteiger partial charge in [-0.1, -0.05) is 46.6 Å². The minimum Gasteiger partial charge on any atom is -0.462 e. The Kier molecular flexibility index (Phi) is 8.63. The summed E-state index contributed by atoms with van der Waals surface area (Å²) in [5.74, 6) is 1.98. The van der Waals surface area contributed by atoms with E-state index >= 15 is 0 Å². The van der Waals surface area contributed by atoms with Crippen molar-refractivity contribution in [2.24, 2.45) is 28.6 Å². The Morgan fingerprint density at radius 2 is 1.81 bits per heavy atom. The zero-order valence-corrected chi connectivity index (χ0v) is 21.2. The molecule has 0 amide bonds. The highest BCUT2D eigenvalue weighted by Gasteiger charge is 2.57. The summed E-state index contributed by atoms with van der Waals surface area (Å²) in [6.07, 6.45) is 12.8. The lowest BCUT2D eigenvalue weighted by atomic mass is 9.51. The number of carbonyl (C=O) groups excluding carboxylic acids is 2. The van der Waals surface area contributed by atoms with Crippen LogP contribution in [0, 0.1) is 28.6 Å². The first-order valence-electron chi connectivity index (χ1n) is 13.3. The first kappa shape index (κ1) is 25.5. The number of carbonyl (C=O) groups is 2. The molecule has 6 atom stereocenters. The number of hydrogen-bond donors (Lipinski definition) is 0. The van der Waals surface area contributed by atoms with Crippen LogP contribution in [0.2, 0.25) is 0 Å². The van der Waals surface area contributed by atoms with Crippen molar-refractivity contribution >= 4 is 11.8 Å². The molecule has 2 fully saturated rings. The van der Waals surface area contributed by atoms with E-state index in [1.807, 2.05) is 13.0 Å². The van der Waals surface area contributed by atoms with Gasteiger partial charge >= 0.3 is 5.97 Å². The maximum absolute atomic E-state index is 12.4. The van der Waals surface area contributed by atoms with Crippen LogP contribution in [-0.4, -0.2) is 31.1 Å². The van der Waals surface area contributed by atoms with Gasteiger partial charge in [-0.15, -0.1) is 0 Å². The third kappa shape index (κ3) is 5.16. The van der Waals surface area contributed by atoms with Gasteiger partial charge in [0.1, 0.15) is 6.10 Å². The van der Waals surface area contributed by atoms with Gasteiger partial charge in [-0.2, -0.15) is 0 Å². The zero-order valence-electron chi connectivity index (χ0n) is 21.2. The van der Waals surface area contributed by atoms with Crippen LogP contribution in [0.25, 0.3) is 0 Å². The average Bonchev–Trinajstić information content (AvgIpc) is 3.10. The summed E-state index contributed by atoms with van der Waals surface area (Å²) in [5.41, 5.74) is 1.55. The van der Waals surface area contributed by atoms with Crippen molar-refractivity contribution in [2.45, 2.75) is 111 Å². The summed E-state index contributed by atoms with van der Waals surface area (Å²) in [6.45, 7) is 12.9. The molecule has 32 heavy (non-hydrogen) atoms. The van der Waals surface area contributed by atoms with Crippen LogP contribution in [0.5, 0.6) is 0 Å². The molecule has 3 aliphatic carbocycles. The van der Waals surface area contributed by atoms with Crippen LogP contribution in [0.15, 0.2) is 11.6 Å². The zero-order chi connectivity index (χ0) is 23.4. The fourth-order valence-corrected chi connectivity index (χ4v) is 7.25. The first-order valence-corrected chi connectivity index (χ1v) is 13.3. The molecule has 0 radical (unpaired) electrons. The van der Waals surface area contributed by atoms with Gasteiger partial charge in [-0.05, 0) is 80.6 Å². The van der Waals surface area contributed by atoms with E-state index in [-0.39, 0.29) is 22.9 Å². The van der Waals surface area contributed by atoms with Crippen molar-refractivity contribution in [3.05, 3.63) is 11.6 Å². The molecule has 4 nitrogen and oxygen atoms in total.